The SMILES string of the molecule is CC(=O)N1N=C2C3CCN(CC3)C2C1c1cccs1. The molecule has 4 aliphatic rings. The standard InChI is InChI=1S/C14H17N3OS/c1-9(18)17-13(11-3-2-8-19-11)14-12(15-17)10-4-6-16(14)7-5-10/h2-3,8,10,13-14H,4-7H2,1H3. The predicted molar refractivity (Wildman–Crippen MR) is 75.1 cm³/mol. The van der Waals surface area contributed by atoms with Crippen LogP contribution >= 0.6 is 11.3 Å². The second-order valence-corrected chi connectivity index (χ2v) is 6.58. The quantitative estimate of drug-likeness (QED) is 0.787. The number of hydrazone groups is 1. The molecule has 2 atom stereocenters. The van der Waals surface area contributed by atoms with Crippen molar-refractivity contribution in [2.45, 2.75) is 31.8 Å². The minimum absolute atomic E-state index is 0.0564. The minimum Gasteiger partial charge on any atom is -0.293 e. The molecule has 5 heteroatoms. The van der Waals surface area contributed by atoms with E-state index in [4.69, 9.17) is 5.10 Å². The first-order valence-corrected chi connectivity index (χ1v) is 7.79. The second-order valence-electron chi connectivity index (χ2n) is 5.60. The Morgan fingerprint density at radius 3 is 2.79 bits per heavy atom. The van der Waals surface area contributed by atoms with Crippen LogP contribution in [-0.4, -0.2) is 40.7 Å². The van der Waals surface area contributed by atoms with Crippen molar-refractivity contribution in [2.24, 2.45) is 11.0 Å². The van der Waals surface area contributed by atoms with Gasteiger partial charge in [0.15, 0.2) is 0 Å². The number of rotatable bonds is 1. The summed E-state index contributed by atoms with van der Waals surface area (Å²) >= 11 is 1.73. The van der Waals surface area contributed by atoms with Gasteiger partial charge in [0.1, 0.15) is 6.04 Å². The maximum absolute atomic E-state index is 11.9. The molecule has 1 amide bonds. The lowest BCUT2D eigenvalue weighted by Crippen LogP contribution is -2.56. The van der Waals surface area contributed by atoms with E-state index < -0.39 is 0 Å². The Balaban J connectivity index is 1.79. The molecule has 5 heterocycles. The van der Waals surface area contributed by atoms with Gasteiger partial charge in [-0.15, -0.1) is 11.3 Å². The normalized spacial score (nSPS) is 36.3. The third kappa shape index (κ3) is 1.61. The molecular weight excluding hydrogens is 258 g/mol. The van der Waals surface area contributed by atoms with Crippen LogP contribution in [-0.2, 0) is 4.79 Å². The summed E-state index contributed by atoms with van der Waals surface area (Å²) in [5.41, 5.74) is 1.26. The first-order valence-electron chi connectivity index (χ1n) is 6.91. The summed E-state index contributed by atoms with van der Waals surface area (Å²) in [6, 6.07) is 4.63. The number of carbonyl (C=O) groups is 1. The zero-order valence-corrected chi connectivity index (χ0v) is 11.8. The second kappa shape index (κ2) is 4.15. The largest absolute Gasteiger partial charge is 0.293 e. The summed E-state index contributed by atoms with van der Waals surface area (Å²) in [4.78, 5) is 15.7. The molecule has 1 aromatic heterocycles. The molecule has 1 aromatic rings. The van der Waals surface area contributed by atoms with Gasteiger partial charge in [-0.1, -0.05) is 6.07 Å². The van der Waals surface area contributed by atoms with Gasteiger partial charge in [0.25, 0.3) is 0 Å². The Morgan fingerprint density at radius 2 is 2.16 bits per heavy atom. The number of fused-ring (bicyclic) bond motifs is 2. The highest BCUT2D eigenvalue weighted by molar-refractivity contribution is 7.10. The number of thiophene rings is 1. The Labute approximate surface area is 116 Å². The summed E-state index contributed by atoms with van der Waals surface area (Å²) in [6.45, 7) is 3.93. The molecular formula is C14H17N3OS. The zero-order valence-electron chi connectivity index (χ0n) is 11.0. The smallest absolute Gasteiger partial charge is 0.240 e. The average Bonchev–Trinajstić information content (AvgIpc) is 3.07. The molecule has 0 aromatic carbocycles. The van der Waals surface area contributed by atoms with Crippen molar-refractivity contribution in [1.29, 1.82) is 0 Å². The molecule has 2 unspecified atom stereocenters. The predicted octanol–water partition coefficient (Wildman–Crippen LogP) is 2.10. The van der Waals surface area contributed by atoms with Crippen LogP contribution in [0.3, 0.4) is 0 Å². The van der Waals surface area contributed by atoms with E-state index >= 15 is 0 Å². The summed E-state index contributed by atoms with van der Waals surface area (Å²) in [6.07, 6.45) is 2.41. The van der Waals surface area contributed by atoms with Crippen LogP contribution in [0.2, 0.25) is 0 Å². The Hall–Kier alpha value is -1.20. The van der Waals surface area contributed by atoms with E-state index in [0.29, 0.717) is 12.0 Å². The van der Waals surface area contributed by atoms with Gasteiger partial charge in [-0.2, -0.15) is 5.10 Å². The molecule has 19 heavy (non-hydrogen) atoms. The lowest BCUT2D eigenvalue weighted by molar-refractivity contribution is -0.131. The highest BCUT2D eigenvalue weighted by atomic mass is 32.1. The van der Waals surface area contributed by atoms with Gasteiger partial charge in [-0.25, -0.2) is 5.01 Å². The first kappa shape index (κ1) is 11.6. The van der Waals surface area contributed by atoms with Crippen molar-refractivity contribution in [1.82, 2.24) is 9.91 Å². The lowest BCUT2D eigenvalue weighted by atomic mass is 9.79. The number of piperidine rings is 3. The van der Waals surface area contributed by atoms with Crippen LogP contribution in [0.25, 0.3) is 0 Å². The molecule has 3 saturated heterocycles. The highest BCUT2D eigenvalue weighted by Crippen LogP contribution is 2.44. The van der Waals surface area contributed by atoms with Gasteiger partial charge in [0, 0.05) is 17.7 Å². The van der Waals surface area contributed by atoms with E-state index in [1.54, 1.807) is 23.3 Å². The first-order chi connectivity index (χ1) is 9.25. The van der Waals surface area contributed by atoms with Crippen LogP contribution in [0.4, 0.5) is 0 Å². The Morgan fingerprint density at radius 1 is 1.37 bits per heavy atom. The van der Waals surface area contributed by atoms with Crippen LogP contribution in [0.5, 0.6) is 0 Å². The number of hydrogen-bond acceptors (Lipinski definition) is 4. The topological polar surface area (TPSA) is 35.9 Å². The van der Waals surface area contributed by atoms with Gasteiger partial charge >= 0.3 is 0 Å². The van der Waals surface area contributed by atoms with Gasteiger partial charge in [-0.3, -0.25) is 9.69 Å². The van der Waals surface area contributed by atoms with Gasteiger partial charge in [-0.05, 0) is 37.4 Å². The maximum Gasteiger partial charge on any atom is 0.240 e. The maximum atomic E-state index is 11.9. The molecule has 0 saturated carbocycles. The fourth-order valence-electron chi connectivity index (χ4n) is 3.73. The fourth-order valence-corrected chi connectivity index (χ4v) is 4.57. The van der Waals surface area contributed by atoms with E-state index in [1.165, 1.54) is 23.4 Å². The summed E-state index contributed by atoms with van der Waals surface area (Å²) in [7, 11) is 0. The lowest BCUT2D eigenvalue weighted by Gasteiger charge is -2.45. The minimum atomic E-state index is 0.0564. The number of amides is 1. The van der Waals surface area contributed by atoms with Crippen molar-refractivity contribution in [2.75, 3.05) is 13.1 Å². The Kier molecular flexibility index (Phi) is 2.53. The summed E-state index contributed by atoms with van der Waals surface area (Å²) < 4.78 is 0. The molecule has 0 aliphatic carbocycles. The highest BCUT2D eigenvalue weighted by Gasteiger charge is 2.50. The van der Waals surface area contributed by atoms with E-state index in [0.717, 1.165) is 13.1 Å². The molecule has 4 aliphatic heterocycles. The molecule has 5 rings (SSSR count). The van der Waals surface area contributed by atoms with Crippen molar-refractivity contribution in [3.8, 4) is 0 Å². The molecule has 0 N–H and O–H groups in total. The third-order valence-electron chi connectivity index (χ3n) is 4.59. The van der Waals surface area contributed by atoms with E-state index in [2.05, 4.69) is 22.4 Å². The van der Waals surface area contributed by atoms with Crippen LogP contribution < -0.4 is 0 Å². The average molecular weight is 275 g/mol. The molecule has 100 valence electrons. The monoisotopic (exact) mass is 275 g/mol. The van der Waals surface area contributed by atoms with E-state index in [-0.39, 0.29) is 11.9 Å². The molecule has 0 radical (unpaired) electrons. The van der Waals surface area contributed by atoms with Gasteiger partial charge < -0.3 is 0 Å². The van der Waals surface area contributed by atoms with E-state index in [1.807, 2.05) is 0 Å². The van der Waals surface area contributed by atoms with Crippen molar-refractivity contribution in [3.63, 3.8) is 0 Å². The van der Waals surface area contributed by atoms with E-state index in [9.17, 15) is 4.79 Å². The number of hydrogen-bond donors (Lipinski definition) is 0. The molecule has 4 nitrogen and oxygen atoms in total. The summed E-state index contributed by atoms with van der Waals surface area (Å²) in [5.74, 6) is 0.655. The van der Waals surface area contributed by atoms with Crippen molar-refractivity contribution >= 4 is 23.0 Å². The molecule has 3 fully saturated rings. The molecule has 2 bridgehead atoms. The van der Waals surface area contributed by atoms with Gasteiger partial charge in [0.2, 0.25) is 5.91 Å². The number of carbonyl (C=O) groups excluding carboxylic acids is 1. The van der Waals surface area contributed by atoms with Gasteiger partial charge in [0.05, 0.1) is 11.8 Å². The van der Waals surface area contributed by atoms with Crippen LogP contribution in [0.1, 0.15) is 30.7 Å². The van der Waals surface area contributed by atoms with Crippen molar-refractivity contribution < 1.29 is 4.79 Å². The number of nitrogens with zero attached hydrogens (tertiary/aromatic N) is 3. The van der Waals surface area contributed by atoms with Crippen molar-refractivity contribution in [3.05, 3.63) is 22.4 Å². The third-order valence-corrected chi connectivity index (χ3v) is 5.53. The molecule has 0 spiro atoms. The summed E-state index contributed by atoms with van der Waals surface area (Å²) in [5, 5.41) is 8.51. The van der Waals surface area contributed by atoms with Crippen LogP contribution in [0.15, 0.2) is 22.6 Å². The Bertz CT molecular complexity index is 531. The zero-order chi connectivity index (χ0) is 13.0. The fraction of sp³-hybridized carbons (Fsp3) is 0.571. The van der Waals surface area contributed by atoms with Crippen LogP contribution in [0, 0.1) is 5.92 Å².